The van der Waals surface area contributed by atoms with Gasteiger partial charge in [0.25, 0.3) is 0 Å². The van der Waals surface area contributed by atoms with Gasteiger partial charge >= 0.3 is 60.7 Å². The fraction of sp³-hybridized carbons (Fsp3) is 0.286. The molecule has 0 aromatic heterocycles. The van der Waals surface area contributed by atoms with E-state index in [1.54, 1.807) is 0 Å². The molecule has 9 heteroatoms. The minimum Gasteiger partial charge on any atom is -1.00 e. The van der Waals surface area contributed by atoms with Crippen molar-refractivity contribution in [2.45, 2.75) is 0 Å². The number of carbonyl (C=O) groups is 5. The van der Waals surface area contributed by atoms with E-state index in [0.717, 1.165) is 0 Å². The van der Waals surface area contributed by atoms with Gasteiger partial charge < -0.3 is 17.7 Å². The molecule has 0 spiro atoms. The molecule has 16 heavy (non-hydrogen) atoms. The number of hydrogen-bond acceptors (Lipinski definition) is 5. The zero-order valence-corrected chi connectivity index (χ0v) is 13.3. The van der Waals surface area contributed by atoms with Gasteiger partial charge in [-0.25, -0.2) is 0 Å². The average molecular weight is 441 g/mol. The van der Waals surface area contributed by atoms with Crippen molar-refractivity contribution >= 4 is 36.7 Å². The molecule has 0 heterocycles. The van der Waals surface area contributed by atoms with Crippen molar-refractivity contribution in [3.63, 3.8) is 0 Å². The number of halogens is 1. The molecule has 0 fully saturated rings. The fourth-order valence-corrected chi connectivity index (χ4v) is 0.745. The van der Waals surface area contributed by atoms with Crippen molar-refractivity contribution in [3.8, 4) is 0 Å². The number of rotatable bonds is 5. The van der Waals surface area contributed by atoms with Crippen molar-refractivity contribution in [2.24, 2.45) is 0 Å². The fourth-order valence-electron chi connectivity index (χ4n) is 0.248. The van der Waals surface area contributed by atoms with E-state index >= 15 is 0 Å². The first-order valence-corrected chi connectivity index (χ1v) is 6.21. The zero-order valence-electron chi connectivity index (χ0n) is 8.74. The Morgan fingerprint density at radius 1 is 0.750 bits per heavy atom. The van der Waals surface area contributed by atoms with Crippen LogP contribution in [0.1, 0.15) is 0 Å². The third-order valence-electron chi connectivity index (χ3n) is 1.22. The van der Waals surface area contributed by atoms with Crippen LogP contribution in [-0.4, -0.2) is 44.2 Å². The van der Waals surface area contributed by atoms with Gasteiger partial charge in [0.05, 0.1) is 14.1 Å². The SMILES string of the molecule is C[NH2+]C.O=CP(C=O)(C=O)(C=O)C=O.[Cl-].[W]. The first-order valence-electron chi connectivity index (χ1n) is 3.62. The molecule has 0 aromatic carbocycles. The molecule has 0 amide bonds. The van der Waals surface area contributed by atoms with E-state index in [2.05, 4.69) is 0 Å². The Balaban J connectivity index is -0.000000129. The quantitative estimate of drug-likeness (QED) is 0.341. The van der Waals surface area contributed by atoms with Gasteiger partial charge in [-0.3, -0.25) is 0 Å². The molecule has 0 aliphatic rings. The molecule has 0 bridgehead atoms. The molecule has 2 N–H and O–H groups in total. The molecule has 0 unspecified atom stereocenters. The Morgan fingerprint density at radius 2 is 0.875 bits per heavy atom. The summed E-state index contributed by atoms with van der Waals surface area (Å²) in [4.78, 5) is 51.0. The van der Waals surface area contributed by atoms with Crippen molar-refractivity contribution < 1.29 is 62.8 Å². The summed E-state index contributed by atoms with van der Waals surface area (Å²) in [6.45, 7) is -4.58. The van der Waals surface area contributed by atoms with Gasteiger partial charge in [-0.2, -0.15) is 0 Å². The molecule has 0 rings (SSSR count). The molecule has 0 aliphatic heterocycles. The van der Waals surface area contributed by atoms with E-state index < -0.39 is 6.60 Å². The summed E-state index contributed by atoms with van der Waals surface area (Å²) < 4.78 is 0. The zero-order chi connectivity index (χ0) is 11.7. The second kappa shape index (κ2) is 11.2. The predicted octanol–water partition coefficient (Wildman–Crippen LogP) is -4.70. The summed E-state index contributed by atoms with van der Waals surface area (Å²) in [7, 11) is 4.00. The van der Waals surface area contributed by atoms with Crippen LogP contribution in [0.15, 0.2) is 0 Å². The van der Waals surface area contributed by atoms with Gasteiger partial charge in [0.15, 0.2) is 0 Å². The van der Waals surface area contributed by atoms with Gasteiger partial charge in [0, 0.05) is 21.1 Å². The summed E-state index contributed by atoms with van der Waals surface area (Å²) >= 11 is 0. The van der Waals surface area contributed by atoms with Crippen LogP contribution in [0.5, 0.6) is 0 Å². The first kappa shape index (κ1) is 24.8. The molecule has 0 aromatic rings. The topological polar surface area (TPSA) is 102 Å². The second-order valence-corrected chi connectivity index (χ2v) is 6.63. The maximum absolute atomic E-state index is 10.2. The van der Waals surface area contributed by atoms with Crippen molar-refractivity contribution in [3.05, 3.63) is 0 Å². The normalized spacial score (nSPS) is 10.5. The van der Waals surface area contributed by atoms with E-state index in [0.29, 0.717) is 0 Å². The number of carbonyl (C=O) groups excluding carboxylic acids is 5. The van der Waals surface area contributed by atoms with E-state index in [9.17, 15) is 24.0 Å². The molecule has 6 nitrogen and oxygen atoms in total. The Morgan fingerprint density at radius 3 is 0.875 bits per heavy atom. The number of nitrogens with two attached hydrogens (primary N) is 1. The van der Waals surface area contributed by atoms with Crippen molar-refractivity contribution in [2.75, 3.05) is 14.1 Å². The first-order chi connectivity index (χ1) is 6.53. The van der Waals surface area contributed by atoms with E-state index in [-0.39, 0.29) is 63.6 Å². The number of hydrogen-bond donors (Lipinski definition) is 1. The van der Waals surface area contributed by atoms with Crippen LogP contribution in [0, 0.1) is 0 Å². The second-order valence-electron chi connectivity index (χ2n) is 2.60. The Labute approximate surface area is 114 Å². The Hall–Kier alpha value is -0.282. The third-order valence-corrected chi connectivity index (χ3v) is 3.65. The van der Waals surface area contributed by atoms with Crippen molar-refractivity contribution in [1.29, 1.82) is 0 Å². The smallest absolute Gasteiger partial charge is 0 e. The molecule has 0 atom stereocenters. The van der Waals surface area contributed by atoms with Gasteiger partial charge in [-0.15, -0.1) is 0 Å². The average Bonchev–Trinajstić information content (AvgIpc) is 2.25. The van der Waals surface area contributed by atoms with E-state index in [1.807, 2.05) is 19.4 Å². The molecule has 0 saturated carbocycles. The standard InChI is InChI=1S/C5H5O5P.C2H7N.ClH.W/c6-1-11(2-7,3-8,4-9)5-10;1-3-2;;/h1-5H;3H,1-2H3;1H;. The van der Waals surface area contributed by atoms with Gasteiger partial charge in [-0.05, 0) is 0 Å². The number of quaternary nitrogens is 1. The van der Waals surface area contributed by atoms with Gasteiger partial charge in [-0.1, -0.05) is 0 Å². The molecule has 0 radical (unpaired) electrons. The van der Waals surface area contributed by atoms with Crippen LogP contribution in [0.2, 0.25) is 0 Å². The maximum Gasteiger partial charge on any atom is 0 e. The summed E-state index contributed by atoms with van der Waals surface area (Å²) in [5.41, 5.74) is 0. The van der Waals surface area contributed by atoms with Gasteiger partial charge in [0.1, 0.15) is 0 Å². The predicted molar refractivity (Wildman–Crippen MR) is 54.4 cm³/mol. The minimum absolute atomic E-state index is 0. The largest absolute Gasteiger partial charge is 1.00 e. The van der Waals surface area contributed by atoms with Crippen LogP contribution in [0.3, 0.4) is 0 Å². The van der Waals surface area contributed by atoms with Gasteiger partial charge in [0.2, 0.25) is 0 Å². The Bertz CT molecular complexity index is 199. The monoisotopic (exact) mass is 441 g/mol. The van der Waals surface area contributed by atoms with Crippen LogP contribution >= 0.6 is 6.60 Å². The van der Waals surface area contributed by atoms with Crippen LogP contribution in [0.4, 0.5) is 0 Å². The van der Waals surface area contributed by atoms with Crippen molar-refractivity contribution in [1.82, 2.24) is 0 Å². The molecule has 0 aliphatic carbocycles. The van der Waals surface area contributed by atoms with E-state index in [1.165, 1.54) is 0 Å². The van der Waals surface area contributed by atoms with Crippen LogP contribution in [-0.2, 0) is 45.0 Å². The summed E-state index contributed by atoms with van der Waals surface area (Å²) in [5.74, 6) is 0. The summed E-state index contributed by atoms with van der Waals surface area (Å²) in [6, 6.07) is -0.806. The molecule has 94 valence electrons. The summed E-state index contributed by atoms with van der Waals surface area (Å²) in [5, 5.41) is 2.00. The van der Waals surface area contributed by atoms with E-state index in [4.69, 9.17) is 0 Å². The maximum atomic E-state index is 10.2. The summed E-state index contributed by atoms with van der Waals surface area (Å²) in [6.07, 6.45) is 0. The molecular formula is C7H13ClNO5PW. The Kier molecular flexibility index (Phi) is 17.4. The molecular weight excluding hydrogens is 428 g/mol. The van der Waals surface area contributed by atoms with Crippen LogP contribution in [0.25, 0.3) is 0 Å². The van der Waals surface area contributed by atoms with Crippen LogP contribution < -0.4 is 17.7 Å². The third kappa shape index (κ3) is 5.71. The minimum atomic E-state index is -4.58. The molecule has 0 saturated heterocycles.